The van der Waals surface area contributed by atoms with Crippen molar-refractivity contribution in [1.29, 1.82) is 0 Å². The fourth-order valence-corrected chi connectivity index (χ4v) is 4.79. The number of aromatic hydroxyl groups is 1. The molecule has 3 aromatic heterocycles. The number of carbonyl (C=O) groups excluding carboxylic acids is 1. The number of imidazole rings is 1. The van der Waals surface area contributed by atoms with Gasteiger partial charge in [-0.3, -0.25) is 9.20 Å². The van der Waals surface area contributed by atoms with Crippen LogP contribution in [-0.2, 0) is 0 Å². The summed E-state index contributed by atoms with van der Waals surface area (Å²) in [5.74, 6) is 0.238. The first-order valence-electron chi connectivity index (χ1n) is 13.0. The molecule has 0 aliphatic carbocycles. The van der Waals surface area contributed by atoms with Gasteiger partial charge in [0.2, 0.25) is 0 Å². The molecule has 196 valence electrons. The molecule has 0 saturated carbocycles. The molecule has 38 heavy (non-hydrogen) atoms. The highest BCUT2D eigenvalue weighted by atomic mass is 16.3. The number of likely N-dealkylation sites (N-methyl/N-ethyl adjacent to an activating group) is 2. The minimum Gasteiger partial charge on any atom is -0.494 e. The molecule has 0 unspecified atom stereocenters. The zero-order valence-electron chi connectivity index (χ0n) is 22.3. The first kappa shape index (κ1) is 25.4. The Morgan fingerprint density at radius 1 is 1.08 bits per heavy atom. The Kier molecular flexibility index (Phi) is 7.07. The number of nitrogens with zero attached hydrogens (tertiary/aromatic N) is 4. The molecule has 0 aliphatic rings. The zero-order valence-corrected chi connectivity index (χ0v) is 22.3. The van der Waals surface area contributed by atoms with Crippen molar-refractivity contribution in [2.45, 2.75) is 20.8 Å². The number of aromatic nitrogens is 3. The molecular weight excluding hydrogens is 476 g/mol. The third-order valence-corrected chi connectivity index (χ3v) is 7.21. The molecule has 0 fully saturated rings. The Bertz CT molecular complexity index is 1600. The first-order valence-corrected chi connectivity index (χ1v) is 13.0. The number of hydrogen-bond acceptors (Lipinski definition) is 5. The Labute approximate surface area is 222 Å². The van der Waals surface area contributed by atoms with Gasteiger partial charge in [-0.2, -0.15) is 0 Å². The van der Waals surface area contributed by atoms with Crippen molar-refractivity contribution < 1.29 is 9.90 Å². The average molecular weight is 511 g/mol. The summed E-state index contributed by atoms with van der Waals surface area (Å²) in [6.45, 7) is 9.32. The highest BCUT2D eigenvalue weighted by molar-refractivity contribution is 5.96. The molecule has 8 nitrogen and oxygen atoms in total. The molecule has 3 heterocycles. The first-order chi connectivity index (χ1) is 18.4. The maximum Gasteiger partial charge on any atom is 0.254 e. The maximum atomic E-state index is 13.2. The van der Waals surface area contributed by atoms with Gasteiger partial charge in [-0.1, -0.05) is 13.0 Å². The number of pyridine rings is 1. The van der Waals surface area contributed by atoms with Gasteiger partial charge >= 0.3 is 0 Å². The number of amides is 1. The van der Waals surface area contributed by atoms with Crippen molar-refractivity contribution in [3.63, 3.8) is 0 Å². The molecule has 0 bridgehead atoms. The van der Waals surface area contributed by atoms with E-state index in [0.29, 0.717) is 13.1 Å². The van der Waals surface area contributed by atoms with Gasteiger partial charge in [0.25, 0.3) is 5.91 Å². The van der Waals surface area contributed by atoms with Gasteiger partial charge in [-0.25, -0.2) is 4.98 Å². The molecule has 8 heteroatoms. The van der Waals surface area contributed by atoms with Gasteiger partial charge in [0.05, 0.1) is 11.4 Å². The number of fused-ring (bicyclic) bond motifs is 2. The van der Waals surface area contributed by atoms with Crippen molar-refractivity contribution in [2.24, 2.45) is 0 Å². The summed E-state index contributed by atoms with van der Waals surface area (Å²) >= 11 is 0. The van der Waals surface area contributed by atoms with E-state index in [1.165, 1.54) is 0 Å². The van der Waals surface area contributed by atoms with E-state index in [-0.39, 0.29) is 11.8 Å². The van der Waals surface area contributed by atoms with E-state index in [1.807, 2.05) is 71.8 Å². The molecule has 2 aromatic carbocycles. The van der Waals surface area contributed by atoms with Crippen LogP contribution in [0.2, 0.25) is 0 Å². The second-order valence-electron chi connectivity index (χ2n) is 9.63. The normalized spacial score (nSPS) is 11.5. The van der Waals surface area contributed by atoms with E-state index in [0.717, 1.165) is 63.3 Å². The molecule has 0 spiro atoms. The molecule has 3 N–H and O–H groups in total. The summed E-state index contributed by atoms with van der Waals surface area (Å²) in [6.07, 6.45) is 5.53. The van der Waals surface area contributed by atoms with Gasteiger partial charge in [-0.05, 0) is 81.0 Å². The van der Waals surface area contributed by atoms with Gasteiger partial charge in [0.15, 0.2) is 11.5 Å². The number of anilines is 2. The minimum atomic E-state index is 0.0637. The number of aryl methyl sites for hydroxylation is 1. The Hall–Kier alpha value is -4.30. The van der Waals surface area contributed by atoms with Crippen LogP contribution in [0.1, 0.15) is 29.8 Å². The topological polar surface area (TPSA) is 88.9 Å². The van der Waals surface area contributed by atoms with E-state index in [9.17, 15) is 9.90 Å². The number of aromatic amines is 1. The Balaban J connectivity index is 1.38. The summed E-state index contributed by atoms with van der Waals surface area (Å²) in [5.41, 5.74) is 6.25. The third kappa shape index (κ3) is 4.82. The molecule has 1 amide bonds. The fourth-order valence-electron chi connectivity index (χ4n) is 4.79. The van der Waals surface area contributed by atoms with Gasteiger partial charge in [-0.15, -0.1) is 0 Å². The average Bonchev–Trinajstić information content (AvgIpc) is 3.56. The van der Waals surface area contributed by atoms with Crippen LogP contribution in [0.4, 0.5) is 11.4 Å². The van der Waals surface area contributed by atoms with Crippen molar-refractivity contribution in [2.75, 3.05) is 38.5 Å². The highest BCUT2D eigenvalue weighted by Crippen LogP contribution is 2.32. The molecule has 0 radical (unpaired) electrons. The fraction of sp³-hybridized carbons (Fsp3) is 0.267. The predicted molar refractivity (Wildman–Crippen MR) is 153 cm³/mol. The van der Waals surface area contributed by atoms with Crippen LogP contribution in [0.25, 0.3) is 27.7 Å². The van der Waals surface area contributed by atoms with Crippen LogP contribution >= 0.6 is 0 Å². The molecule has 5 aromatic rings. The second kappa shape index (κ2) is 10.6. The van der Waals surface area contributed by atoms with E-state index in [1.54, 1.807) is 12.4 Å². The molecular formula is C30H34N6O2. The Morgan fingerprint density at radius 3 is 2.68 bits per heavy atom. The van der Waals surface area contributed by atoms with Crippen molar-refractivity contribution >= 4 is 33.7 Å². The van der Waals surface area contributed by atoms with Gasteiger partial charge < -0.3 is 25.2 Å². The Morgan fingerprint density at radius 2 is 1.92 bits per heavy atom. The van der Waals surface area contributed by atoms with Crippen LogP contribution in [-0.4, -0.2) is 68.4 Å². The van der Waals surface area contributed by atoms with Crippen molar-refractivity contribution in [3.05, 3.63) is 78.2 Å². The smallest absolute Gasteiger partial charge is 0.254 e. The lowest BCUT2D eigenvalue weighted by Crippen LogP contribution is -2.37. The molecule has 0 saturated heterocycles. The number of carbonyl (C=O) groups is 1. The van der Waals surface area contributed by atoms with Gasteiger partial charge in [0.1, 0.15) is 0 Å². The monoisotopic (exact) mass is 510 g/mol. The molecule has 0 aliphatic heterocycles. The minimum absolute atomic E-state index is 0.0637. The van der Waals surface area contributed by atoms with E-state index >= 15 is 0 Å². The largest absolute Gasteiger partial charge is 0.494 e. The van der Waals surface area contributed by atoms with Crippen molar-refractivity contribution in [3.8, 4) is 17.1 Å². The van der Waals surface area contributed by atoms with Crippen LogP contribution in [0.3, 0.4) is 0 Å². The summed E-state index contributed by atoms with van der Waals surface area (Å²) in [7, 11) is 2.07. The molecule has 0 atom stereocenters. The predicted octanol–water partition coefficient (Wildman–Crippen LogP) is 5.65. The van der Waals surface area contributed by atoms with Gasteiger partial charge in [0, 0.05) is 60.2 Å². The maximum absolute atomic E-state index is 13.2. The number of H-pyrrole nitrogens is 1. The lowest BCUT2D eigenvalue weighted by Gasteiger charge is -2.25. The number of rotatable bonds is 9. The van der Waals surface area contributed by atoms with Crippen LogP contribution < -0.4 is 5.32 Å². The quantitative estimate of drug-likeness (QED) is 0.238. The lowest BCUT2D eigenvalue weighted by atomic mass is 10.1. The zero-order chi connectivity index (χ0) is 26.8. The van der Waals surface area contributed by atoms with Crippen LogP contribution in [0.5, 0.6) is 5.88 Å². The van der Waals surface area contributed by atoms with Crippen LogP contribution in [0, 0.1) is 6.92 Å². The number of benzene rings is 2. The number of nitrogens with one attached hydrogen (secondary N) is 2. The summed E-state index contributed by atoms with van der Waals surface area (Å²) in [5, 5.41) is 15.2. The second-order valence-corrected chi connectivity index (χ2v) is 9.63. The highest BCUT2D eigenvalue weighted by Gasteiger charge is 2.17. The number of hydrogen-bond donors (Lipinski definition) is 3. The third-order valence-electron chi connectivity index (χ3n) is 7.21. The van der Waals surface area contributed by atoms with E-state index < -0.39 is 0 Å². The SMILES string of the molecule is CCN(C)CCN(CC)C(=O)c1ccc(Nc2ccc(-c3ccc4c(O)[nH]cc4c3)n3ccnc23)cc1C. The van der Waals surface area contributed by atoms with E-state index in [4.69, 9.17) is 0 Å². The summed E-state index contributed by atoms with van der Waals surface area (Å²) in [4.78, 5) is 24.8. The lowest BCUT2D eigenvalue weighted by molar-refractivity contribution is 0.0750. The molecule has 5 rings (SSSR count). The standard InChI is InChI=1S/C30H34N6O2/c1-5-34(4)15-16-35(6-2)30(38)24-10-8-23(17-20(24)3)33-26-11-12-27(36-14-13-31-28(26)36)21-7-9-25-22(18-21)19-32-29(25)37/h7-14,17-19,32-33,37H,5-6,15-16H2,1-4H3. The van der Waals surface area contributed by atoms with Crippen molar-refractivity contribution in [1.82, 2.24) is 24.2 Å². The van der Waals surface area contributed by atoms with Crippen LogP contribution in [0.15, 0.2) is 67.1 Å². The van der Waals surface area contributed by atoms with E-state index in [2.05, 4.69) is 40.2 Å². The summed E-state index contributed by atoms with van der Waals surface area (Å²) < 4.78 is 2.05. The summed E-state index contributed by atoms with van der Waals surface area (Å²) in [6, 6.07) is 15.9.